The summed E-state index contributed by atoms with van der Waals surface area (Å²) in [6.45, 7) is 7.64. The van der Waals surface area contributed by atoms with Gasteiger partial charge in [0.1, 0.15) is 0 Å². The maximum Gasteiger partial charge on any atom is 0.251 e. The molecule has 1 unspecified atom stereocenters. The molecule has 0 aliphatic carbocycles. The SMILES string of the molecule is CCC1=NN(CCC(C)C)C(=O)C1CCN. The Morgan fingerprint density at radius 1 is 1.50 bits per heavy atom. The van der Waals surface area contributed by atoms with E-state index in [9.17, 15) is 4.79 Å². The molecule has 1 aliphatic heterocycles. The lowest BCUT2D eigenvalue weighted by atomic mass is 9.98. The molecule has 1 heterocycles. The third-order valence-electron chi connectivity index (χ3n) is 2.94. The van der Waals surface area contributed by atoms with Gasteiger partial charge in [-0.25, -0.2) is 5.01 Å². The molecule has 0 aromatic carbocycles. The standard InChI is InChI=1S/C12H23N3O/c1-4-11-10(5-7-13)12(16)15(14-11)8-6-9(2)3/h9-10H,4-8,13H2,1-3H3. The highest BCUT2D eigenvalue weighted by molar-refractivity contribution is 6.07. The Bertz CT molecular complexity index is 273. The van der Waals surface area contributed by atoms with Crippen LogP contribution in [0.4, 0.5) is 0 Å². The fraction of sp³-hybridized carbons (Fsp3) is 0.833. The molecular formula is C12H23N3O. The van der Waals surface area contributed by atoms with Crippen LogP contribution in [-0.4, -0.2) is 29.7 Å². The largest absolute Gasteiger partial charge is 0.330 e. The first-order chi connectivity index (χ1) is 7.60. The van der Waals surface area contributed by atoms with Crippen molar-refractivity contribution in [2.75, 3.05) is 13.1 Å². The summed E-state index contributed by atoms with van der Waals surface area (Å²) in [6.07, 6.45) is 2.57. The van der Waals surface area contributed by atoms with E-state index < -0.39 is 0 Å². The van der Waals surface area contributed by atoms with Crippen molar-refractivity contribution >= 4 is 11.6 Å². The highest BCUT2D eigenvalue weighted by Crippen LogP contribution is 2.21. The van der Waals surface area contributed by atoms with E-state index in [0.717, 1.165) is 31.5 Å². The summed E-state index contributed by atoms with van der Waals surface area (Å²) >= 11 is 0. The summed E-state index contributed by atoms with van der Waals surface area (Å²) in [6, 6.07) is 0. The number of hydrogen-bond donors (Lipinski definition) is 1. The molecule has 0 spiro atoms. The molecule has 0 fully saturated rings. The van der Waals surface area contributed by atoms with Crippen molar-refractivity contribution in [3.63, 3.8) is 0 Å². The van der Waals surface area contributed by atoms with Gasteiger partial charge < -0.3 is 5.73 Å². The maximum absolute atomic E-state index is 12.0. The lowest BCUT2D eigenvalue weighted by molar-refractivity contribution is -0.132. The van der Waals surface area contributed by atoms with Crippen molar-refractivity contribution in [1.82, 2.24) is 5.01 Å². The van der Waals surface area contributed by atoms with Crippen molar-refractivity contribution in [3.05, 3.63) is 0 Å². The van der Waals surface area contributed by atoms with Crippen LogP contribution < -0.4 is 5.73 Å². The lowest BCUT2D eigenvalue weighted by Crippen LogP contribution is -2.30. The van der Waals surface area contributed by atoms with E-state index in [4.69, 9.17) is 5.73 Å². The van der Waals surface area contributed by atoms with Gasteiger partial charge in [0.05, 0.1) is 11.6 Å². The molecule has 0 aromatic heterocycles. The van der Waals surface area contributed by atoms with E-state index >= 15 is 0 Å². The van der Waals surface area contributed by atoms with Crippen LogP contribution >= 0.6 is 0 Å². The highest BCUT2D eigenvalue weighted by Gasteiger charge is 2.33. The molecule has 0 saturated heterocycles. The summed E-state index contributed by atoms with van der Waals surface area (Å²) in [5.74, 6) is 0.687. The second-order valence-electron chi connectivity index (χ2n) is 4.72. The number of carbonyl (C=O) groups is 1. The van der Waals surface area contributed by atoms with Crippen LogP contribution in [0.5, 0.6) is 0 Å². The molecule has 2 N–H and O–H groups in total. The highest BCUT2D eigenvalue weighted by atomic mass is 16.2. The van der Waals surface area contributed by atoms with Crippen LogP contribution in [0.15, 0.2) is 5.10 Å². The molecule has 0 radical (unpaired) electrons. The number of rotatable bonds is 6. The number of nitrogens with two attached hydrogens (primary N) is 1. The number of carbonyl (C=O) groups excluding carboxylic acids is 1. The van der Waals surface area contributed by atoms with Crippen LogP contribution in [0, 0.1) is 11.8 Å². The smallest absolute Gasteiger partial charge is 0.251 e. The van der Waals surface area contributed by atoms with Crippen LogP contribution in [0.2, 0.25) is 0 Å². The van der Waals surface area contributed by atoms with Gasteiger partial charge in [0, 0.05) is 6.54 Å². The Hall–Kier alpha value is -0.900. The van der Waals surface area contributed by atoms with Crippen molar-refractivity contribution < 1.29 is 4.79 Å². The molecule has 16 heavy (non-hydrogen) atoms. The Labute approximate surface area is 97.9 Å². The van der Waals surface area contributed by atoms with Gasteiger partial charge in [0.2, 0.25) is 0 Å². The van der Waals surface area contributed by atoms with Crippen molar-refractivity contribution in [2.24, 2.45) is 22.7 Å². The first-order valence-corrected chi connectivity index (χ1v) is 6.19. The van der Waals surface area contributed by atoms with Gasteiger partial charge in [-0.3, -0.25) is 4.79 Å². The van der Waals surface area contributed by atoms with Gasteiger partial charge in [-0.2, -0.15) is 5.10 Å². The molecule has 92 valence electrons. The number of nitrogens with zero attached hydrogens (tertiary/aromatic N) is 2. The Balaban J connectivity index is 2.61. The Morgan fingerprint density at radius 2 is 2.19 bits per heavy atom. The summed E-state index contributed by atoms with van der Waals surface area (Å²) in [5.41, 5.74) is 6.53. The summed E-state index contributed by atoms with van der Waals surface area (Å²) < 4.78 is 0. The molecule has 4 heteroatoms. The fourth-order valence-corrected chi connectivity index (χ4v) is 1.91. The fourth-order valence-electron chi connectivity index (χ4n) is 1.91. The van der Waals surface area contributed by atoms with E-state index in [0.29, 0.717) is 12.5 Å². The van der Waals surface area contributed by atoms with E-state index in [2.05, 4.69) is 18.9 Å². The van der Waals surface area contributed by atoms with E-state index in [1.807, 2.05) is 6.92 Å². The van der Waals surface area contributed by atoms with Crippen LogP contribution in [0.25, 0.3) is 0 Å². The van der Waals surface area contributed by atoms with Crippen LogP contribution in [0.1, 0.15) is 40.0 Å². The molecule has 1 rings (SSSR count). The number of hydrazone groups is 1. The maximum atomic E-state index is 12.0. The number of amides is 1. The van der Waals surface area contributed by atoms with Gasteiger partial charge in [-0.05, 0) is 31.7 Å². The molecule has 1 amide bonds. The van der Waals surface area contributed by atoms with Crippen LogP contribution in [0.3, 0.4) is 0 Å². The molecule has 4 nitrogen and oxygen atoms in total. The van der Waals surface area contributed by atoms with E-state index in [1.165, 1.54) is 0 Å². The quantitative estimate of drug-likeness (QED) is 0.746. The second-order valence-corrected chi connectivity index (χ2v) is 4.72. The molecule has 0 bridgehead atoms. The molecule has 1 aliphatic rings. The van der Waals surface area contributed by atoms with Gasteiger partial charge in [0.15, 0.2) is 0 Å². The minimum atomic E-state index is -0.0536. The number of hydrogen-bond acceptors (Lipinski definition) is 3. The molecule has 0 saturated carbocycles. The monoisotopic (exact) mass is 225 g/mol. The predicted molar refractivity (Wildman–Crippen MR) is 66.1 cm³/mol. The Kier molecular flexibility index (Phi) is 4.93. The minimum absolute atomic E-state index is 0.0536. The molecule has 1 atom stereocenters. The van der Waals surface area contributed by atoms with Crippen LogP contribution in [-0.2, 0) is 4.79 Å². The Morgan fingerprint density at radius 3 is 2.69 bits per heavy atom. The predicted octanol–water partition coefficient (Wildman–Crippen LogP) is 1.61. The lowest BCUT2D eigenvalue weighted by Gasteiger charge is -2.15. The van der Waals surface area contributed by atoms with E-state index in [-0.39, 0.29) is 11.8 Å². The molecule has 0 aromatic rings. The average molecular weight is 225 g/mol. The first-order valence-electron chi connectivity index (χ1n) is 6.19. The van der Waals surface area contributed by atoms with Gasteiger partial charge >= 0.3 is 0 Å². The topological polar surface area (TPSA) is 58.7 Å². The first kappa shape index (κ1) is 13.2. The summed E-state index contributed by atoms with van der Waals surface area (Å²) in [7, 11) is 0. The average Bonchev–Trinajstić information content (AvgIpc) is 2.54. The van der Waals surface area contributed by atoms with Crippen molar-refractivity contribution in [1.29, 1.82) is 0 Å². The zero-order valence-electron chi connectivity index (χ0n) is 10.6. The molecular weight excluding hydrogens is 202 g/mol. The summed E-state index contributed by atoms with van der Waals surface area (Å²) in [4.78, 5) is 12.0. The summed E-state index contributed by atoms with van der Waals surface area (Å²) in [5, 5.41) is 6.04. The second kappa shape index (κ2) is 5.99. The van der Waals surface area contributed by atoms with E-state index in [1.54, 1.807) is 5.01 Å². The van der Waals surface area contributed by atoms with Gasteiger partial charge in [-0.1, -0.05) is 20.8 Å². The third kappa shape index (κ3) is 3.04. The van der Waals surface area contributed by atoms with Gasteiger partial charge in [-0.15, -0.1) is 0 Å². The van der Waals surface area contributed by atoms with Gasteiger partial charge in [0.25, 0.3) is 5.91 Å². The zero-order chi connectivity index (χ0) is 12.1. The third-order valence-corrected chi connectivity index (χ3v) is 2.94. The zero-order valence-corrected chi connectivity index (χ0v) is 10.6. The minimum Gasteiger partial charge on any atom is -0.330 e. The van der Waals surface area contributed by atoms with Crippen molar-refractivity contribution in [3.8, 4) is 0 Å². The van der Waals surface area contributed by atoms with Crippen molar-refractivity contribution in [2.45, 2.75) is 40.0 Å². The normalized spacial score (nSPS) is 20.8.